The molecule has 0 saturated heterocycles. The SMILES string of the molecule is Cc1cn2cc(-c3cnn(C)c3)ccc2n1. The van der Waals surface area contributed by atoms with E-state index >= 15 is 0 Å². The Hall–Kier alpha value is -2.10. The molecule has 0 unspecified atom stereocenters. The Morgan fingerprint density at radius 2 is 1.94 bits per heavy atom. The number of hydrogen-bond acceptors (Lipinski definition) is 2. The van der Waals surface area contributed by atoms with Crippen LogP contribution in [0.5, 0.6) is 0 Å². The molecule has 3 aromatic rings. The molecule has 0 aromatic carbocycles. The molecule has 0 bridgehead atoms. The van der Waals surface area contributed by atoms with E-state index in [0.29, 0.717) is 0 Å². The molecule has 0 amide bonds. The molecule has 80 valence electrons. The summed E-state index contributed by atoms with van der Waals surface area (Å²) >= 11 is 0. The molecule has 4 nitrogen and oxygen atoms in total. The lowest BCUT2D eigenvalue weighted by atomic mass is 10.2. The summed E-state index contributed by atoms with van der Waals surface area (Å²) in [4.78, 5) is 4.40. The quantitative estimate of drug-likeness (QED) is 0.618. The summed E-state index contributed by atoms with van der Waals surface area (Å²) < 4.78 is 3.84. The standard InChI is InChI=1S/C12H12N4/c1-9-6-16-8-10(3-4-12(16)14-9)11-5-13-15(2)7-11/h3-8H,1-2H3. The molecule has 0 aliphatic heterocycles. The zero-order valence-corrected chi connectivity index (χ0v) is 9.25. The number of aromatic nitrogens is 4. The van der Waals surface area contributed by atoms with Crippen LogP contribution in [0.25, 0.3) is 16.8 Å². The van der Waals surface area contributed by atoms with Crippen LogP contribution in [0.1, 0.15) is 5.69 Å². The molecule has 0 fully saturated rings. The summed E-state index contributed by atoms with van der Waals surface area (Å²) in [6.07, 6.45) is 7.97. The van der Waals surface area contributed by atoms with Gasteiger partial charge in [0.25, 0.3) is 0 Å². The highest BCUT2D eigenvalue weighted by molar-refractivity contribution is 5.63. The Kier molecular flexibility index (Phi) is 1.83. The summed E-state index contributed by atoms with van der Waals surface area (Å²) in [5.74, 6) is 0. The van der Waals surface area contributed by atoms with E-state index in [2.05, 4.69) is 22.3 Å². The predicted molar refractivity (Wildman–Crippen MR) is 62.1 cm³/mol. The number of rotatable bonds is 1. The van der Waals surface area contributed by atoms with Crippen LogP contribution in [-0.2, 0) is 7.05 Å². The van der Waals surface area contributed by atoms with E-state index in [1.54, 1.807) is 4.68 Å². The Morgan fingerprint density at radius 3 is 2.69 bits per heavy atom. The molecule has 16 heavy (non-hydrogen) atoms. The van der Waals surface area contributed by atoms with Crippen molar-refractivity contribution in [2.45, 2.75) is 6.92 Å². The summed E-state index contributed by atoms with van der Waals surface area (Å²) in [5, 5.41) is 4.17. The molecule has 0 spiro atoms. The Morgan fingerprint density at radius 1 is 1.06 bits per heavy atom. The minimum absolute atomic E-state index is 0.977. The molecular weight excluding hydrogens is 200 g/mol. The molecule has 3 heterocycles. The lowest BCUT2D eigenvalue weighted by molar-refractivity contribution is 0.768. The van der Waals surface area contributed by atoms with E-state index in [1.165, 1.54) is 0 Å². The Balaban J connectivity index is 2.17. The summed E-state index contributed by atoms with van der Waals surface area (Å²) in [7, 11) is 1.92. The smallest absolute Gasteiger partial charge is 0.136 e. The molecule has 3 rings (SSSR count). The fourth-order valence-corrected chi connectivity index (χ4v) is 1.86. The lowest BCUT2D eigenvalue weighted by Gasteiger charge is -1.98. The van der Waals surface area contributed by atoms with E-state index in [-0.39, 0.29) is 0 Å². The molecule has 4 heteroatoms. The third kappa shape index (κ3) is 1.39. The lowest BCUT2D eigenvalue weighted by Crippen LogP contribution is -1.85. The maximum atomic E-state index is 4.40. The number of nitrogens with zero attached hydrogens (tertiary/aromatic N) is 4. The molecule has 3 aromatic heterocycles. The number of imidazole rings is 1. The minimum Gasteiger partial charge on any atom is -0.306 e. The maximum absolute atomic E-state index is 4.40. The van der Waals surface area contributed by atoms with Crippen molar-refractivity contribution in [2.75, 3.05) is 0 Å². The Bertz CT molecular complexity index is 648. The van der Waals surface area contributed by atoms with Gasteiger partial charge in [-0.1, -0.05) is 0 Å². The third-order valence-electron chi connectivity index (χ3n) is 2.61. The molecular formula is C12H12N4. The van der Waals surface area contributed by atoms with E-state index < -0.39 is 0 Å². The van der Waals surface area contributed by atoms with Crippen molar-refractivity contribution in [3.05, 3.63) is 42.6 Å². The maximum Gasteiger partial charge on any atom is 0.136 e. The van der Waals surface area contributed by atoms with Crippen LogP contribution < -0.4 is 0 Å². The second kappa shape index (κ2) is 3.20. The van der Waals surface area contributed by atoms with Crippen molar-refractivity contribution in [3.63, 3.8) is 0 Å². The largest absolute Gasteiger partial charge is 0.306 e. The van der Waals surface area contributed by atoms with Crippen LogP contribution in [0.2, 0.25) is 0 Å². The molecule has 0 aliphatic rings. The normalized spacial score (nSPS) is 11.1. The van der Waals surface area contributed by atoms with Gasteiger partial charge >= 0.3 is 0 Å². The first-order chi connectivity index (χ1) is 7.72. The van der Waals surface area contributed by atoms with Crippen LogP contribution >= 0.6 is 0 Å². The van der Waals surface area contributed by atoms with Crippen LogP contribution in [0.15, 0.2) is 36.9 Å². The first-order valence-corrected chi connectivity index (χ1v) is 5.17. The highest BCUT2D eigenvalue weighted by atomic mass is 15.2. The number of aryl methyl sites for hydroxylation is 2. The van der Waals surface area contributed by atoms with Gasteiger partial charge in [0, 0.05) is 36.8 Å². The van der Waals surface area contributed by atoms with Crippen LogP contribution in [0, 0.1) is 6.92 Å². The van der Waals surface area contributed by atoms with Gasteiger partial charge in [-0.15, -0.1) is 0 Å². The average Bonchev–Trinajstić information content (AvgIpc) is 2.81. The summed E-state index contributed by atoms with van der Waals surface area (Å²) in [5.41, 5.74) is 4.28. The van der Waals surface area contributed by atoms with Crippen LogP contribution in [0.3, 0.4) is 0 Å². The van der Waals surface area contributed by atoms with Crippen molar-refractivity contribution in [1.82, 2.24) is 19.2 Å². The zero-order chi connectivity index (χ0) is 11.1. The molecule has 0 N–H and O–H groups in total. The monoisotopic (exact) mass is 212 g/mol. The highest BCUT2D eigenvalue weighted by Gasteiger charge is 2.03. The van der Waals surface area contributed by atoms with Crippen LogP contribution in [0.4, 0.5) is 0 Å². The highest BCUT2D eigenvalue weighted by Crippen LogP contribution is 2.19. The zero-order valence-electron chi connectivity index (χ0n) is 9.25. The molecule has 0 radical (unpaired) electrons. The average molecular weight is 212 g/mol. The molecule has 0 atom stereocenters. The van der Waals surface area contributed by atoms with E-state index in [4.69, 9.17) is 0 Å². The van der Waals surface area contributed by atoms with Crippen molar-refractivity contribution >= 4 is 5.65 Å². The van der Waals surface area contributed by atoms with E-state index in [1.807, 2.05) is 43.0 Å². The van der Waals surface area contributed by atoms with Gasteiger partial charge in [-0.25, -0.2) is 4.98 Å². The predicted octanol–water partition coefficient (Wildman–Crippen LogP) is 2.04. The van der Waals surface area contributed by atoms with Crippen molar-refractivity contribution < 1.29 is 0 Å². The first-order valence-electron chi connectivity index (χ1n) is 5.17. The first kappa shape index (κ1) is 9.15. The summed E-state index contributed by atoms with van der Waals surface area (Å²) in [6, 6.07) is 4.09. The fourth-order valence-electron chi connectivity index (χ4n) is 1.86. The number of fused-ring (bicyclic) bond motifs is 1. The second-order valence-corrected chi connectivity index (χ2v) is 3.97. The van der Waals surface area contributed by atoms with Gasteiger partial charge in [-0.3, -0.25) is 4.68 Å². The Labute approximate surface area is 93.2 Å². The third-order valence-corrected chi connectivity index (χ3v) is 2.61. The van der Waals surface area contributed by atoms with Crippen molar-refractivity contribution in [1.29, 1.82) is 0 Å². The van der Waals surface area contributed by atoms with Gasteiger partial charge in [0.2, 0.25) is 0 Å². The molecule has 0 aliphatic carbocycles. The summed E-state index contributed by atoms with van der Waals surface area (Å²) in [6.45, 7) is 2.00. The van der Waals surface area contributed by atoms with Crippen molar-refractivity contribution in [3.8, 4) is 11.1 Å². The van der Waals surface area contributed by atoms with Crippen molar-refractivity contribution in [2.24, 2.45) is 7.05 Å². The fraction of sp³-hybridized carbons (Fsp3) is 0.167. The van der Waals surface area contributed by atoms with Gasteiger partial charge in [0.15, 0.2) is 0 Å². The van der Waals surface area contributed by atoms with Gasteiger partial charge in [0.1, 0.15) is 5.65 Å². The van der Waals surface area contributed by atoms with Gasteiger partial charge in [-0.2, -0.15) is 5.10 Å². The minimum atomic E-state index is 0.977. The second-order valence-electron chi connectivity index (χ2n) is 3.97. The molecule has 0 saturated carbocycles. The van der Waals surface area contributed by atoms with Gasteiger partial charge in [0.05, 0.1) is 11.9 Å². The van der Waals surface area contributed by atoms with Gasteiger partial charge in [-0.05, 0) is 19.1 Å². The van der Waals surface area contributed by atoms with Crippen LogP contribution in [-0.4, -0.2) is 19.2 Å². The topological polar surface area (TPSA) is 35.1 Å². The number of pyridine rings is 1. The van der Waals surface area contributed by atoms with Gasteiger partial charge < -0.3 is 4.40 Å². The number of hydrogen-bond donors (Lipinski definition) is 0. The van der Waals surface area contributed by atoms with E-state index in [9.17, 15) is 0 Å². The van der Waals surface area contributed by atoms with E-state index in [0.717, 1.165) is 22.5 Å².